The van der Waals surface area contributed by atoms with Crippen LogP contribution < -0.4 is 15.0 Å². The van der Waals surface area contributed by atoms with E-state index in [2.05, 4.69) is 15.3 Å². The molecule has 0 saturated heterocycles. The van der Waals surface area contributed by atoms with Crippen LogP contribution in [0.2, 0.25) is 5.02 Å². The summed E-state index contributed by atoms with van der Waals surface area (Å²) in [6.07, 6.45) is 1.48. The highest BCUT2D eigenvalue weighted by molar-refractivity contribution is 6.30. The number of hydrogen-bond acceptors (Lipinski definition) is 6. The Labute approximate surface area is 164 Å². The van der Waals surface area contributed by atoms with Crippen molar-refractivity contribution in [1.29, 1.82) is 0 Å². The van der Waals surface area contributed by atoms with Crippen molar-refractivity contribution < 1.29 is 9.47 Å². The van der Waals surface area contributed by atoms with Crippen LogP contribution in [0.25, 0.3) is 16.9 Å². The second kappa shape index (κ2) is 7.32. The molecule has 0 fully saturated rings. The van der Waals surface area contributed by atoms with E-state index < -0.39 is 0 Å². The van der Waals surface area contributed by atoms with Crippen LogP contribution in [0.5, 0.6) is 11.5 Å². The van der Waals surface area contributed by atoms with E-state index >= 15 is 0 Å². The molecule has 0 N–H and O–H groups in total. The molecule has 2 aromatic heterocycles. The van der Waals surface area contributed by atoms with Gasteiger partial charge in [-0.15, -0.1) is 5.10 Å². The zero-order valence-corrected chi connectivity index (χ0v) is 15.9. The van der Waals surface area contributed by atoms with E-state index in [9.17, 15) is 4.79 Å². The molecule has 9 heteroatoms. The Bertz CT molecular complexity index is 1220. The van der Waals surface area contributed by atoms with Crippen molar-refractivity contribution in [2.75, 3.05) is 14.2 Å². The highest BCUT2D eigenvalue weighted by Gasteiger charge is 2.15. The van der Waals surface area contributed by atoms with Gasteiger partial charge in [0.1, 0.15) is 6.33 Å². The normalized spacial score (nSPS) is 11.0. The van der Waals surface area contributed by atoms with Crippen LogP contribution in [0.4, 0.5) is 0 Å². The van der Waals surface area contributed by atoms with E-state index in [0.717, 1.165) is 5.56 Å². The quantitative estimate of drug-likeness (QED) is 0.515. The van der Waals surface area contributed by atoms with Crippen molar-refractivity contribution in [1.82, 2.24) is 24.5 Å². The molecule has 2 aromatic carbocycles. The van der Waals surface area contributed by atoms with Gasteiger partial charge in [-0.2, -0.15) is 4.68 Å². The lowest BCUT2D eigenvalue weighted by molar-refractivity contribution is 0.355. The molecule has 0 bridgehead atoms. The number of aromatic nitrogens is 5. The first kappa shape index (κ1) is 18.0. The van der Waals surface area contributed by atoms with Crippen molar-refractivity contribution in [3.63, 3.8) is 0 Å². The van der Waals surface area contributed by atoms with Gasteiger partial charge < -0.3 is 9.47 Å². The molecule has 0 amide bonds. The van der Waals surface area contributed by atoms with Crippen molar-refractivity contribution in [2.45, 2.75) is 6.54 Å². The molecule has 0 aliphatic heterocycles. The zero-order chi connectivity index (χ0) is 19.7. The van der Waals surface area contributed by atoms with Crippen LogP contribution in [0.15, 0.2) is 53.6 Å². The predicted molar refractivity (Wildman–Crippen MR) is 105 cm³/mol. The van der Waals surface area contributed by atoms with Crippen LogP contribution in [0, 0.1) is 0 Å². The largest absolute Gasteiger partial charge is 0.493 e. The molecule has 0 aliphatic rings. The molecule has 0 atom stereocenters. The maximum atomic E-state index is 12.8. The summed E-state index contributed by atoms with van der Waals surface area (Å²) in [5.74, 6) is 1.13. The van der Waals surface area contributed by atoms with Gasteiger partial charge in [0, 0.05) is 11.1 Å². The molecule has 142 valence electrons. The van der Waals surface area contributed by atoms with Gasteiger partial charge in [-0.05, 0) is 29.8 Å². The summed E-state index contributed by atoms with van der Waals surface area (Å²) in [6.45, 7) is 0.339. The second-order valence-electron chi connectivity index (χ2n) is 6.02. The monoisotopic (exact) mass is 397 g/mol. The van der Waals surface area contributed by atoms with Crippen molar-refractivity contribution in [2.24, 2.45) is 0 Å². The summed E-state index contributed by atoms with van der Waals surface area (Å²) >= 11 is 6.02. The van der Waals surface area contributed by atoms with E-state index in [1.165, 1.54) is 15.6 Å². The standard InChI is InChI=1S/C19H16ClN5O3/c1-27-15-7-6-14(9-16(15)28-2)25-18-17(22-23-25)19(26)24(11-21-18)10-12-4-3-5-13(20)8-12/h3-9,11H,10H2,1-2H3. The third-order valence-corrected chi connectivity index (χ3v) is 4.52. The summed E-state index contributed by atoms with van der Waals surface area (Å²) in [5, 5.41) is 8.73. The van der Waals surface area contributed by atoms with Gasteiger partial charge >= 0.3 is 0 Å². The van der Waals surface area contributed by atoms with Crippen LogP contribution >= 0.6 is 11.6 Å². The molecular weight excluding hydrogens is 382 g/mol. The summed E-state index contributed by atoms with van der Waals surface area (Å²) in [4.78, 5) is 17.2. The average Bonchev–Trinajstić information content (AvgIpc) is 3.14. The van der Waals surface area contributed by atoms with Crippen molar-refractivity contribution in [3.05, 3.63) is 69.7 Å². The molecule has 2 heterocycles. The van der Waals surface area contributed by atoms with Crippen LogP contribution in [-0.2, 0) is 6.54 Å². The number of rotatable bonds is 5. The average molecular weight is 398 g/mol. The zero-order valence-electron chi connectivity index (χ0n) is 15.2. The molecule has 8 nitrogen and oxygen atoms in total. The van der Waals surface area contributed by atoms with Crippen LogP contribution in [0.3, 0.4) is 0 Å². The molecule has 0 saturated carbocycles. The van der Waals surface area contributed by atoms with Crippen molar-refractivity contribution >= 4 is 22.8 Å². The van der Waals surface area contributed by atoms with E-state index in [-0.39, 0.29) is 11.1 Å². The minimum Gasteiger partial charge on any atom is -0.493 e. The first-order chi connectivity index (χ1) is 13.6. The Morgan fingerprint density at radius 1 is 1.07 bits per heavy atom. The third kappa shape index (κ3) is 3.18. The summed E-state index contributed by atoms with van der Waals surface area (Å²) < 4.78 is 13.5. The lowest BCUT2D eigenvalue weighted by Crippen LogP contribution is -2.21. The Balaban J connectivity index is 1.76. The number of hydrogen-bond donors (Lipinski definition) is 0. The van der Waals surface area contributed by atoms with Gasteiger partial charge in [-0.3, -0.25) is 9.36 Å². The highest BCUT2D eigenvalue weighted by atomic mass is 35.5. The van der Waals surface area contributed by atoms with Gasteiger partial charge in [-0.1, -0.05) is 28.9 Å². The summed E-state index contributed by atoms with van der Waals surface area (Å²) in [6, 6.07) is 12.6. The molecule has 4 aromatic rings. The number of halogens is 1. The number of benzene rings is 2. The lowest BCUT2D eigenvalue weighted by atomic mass is 10.2. The summed E-state index contributed by atoms with van der Waals surface area (Å²) in [5.41, 5.74) is 1.80. The second-order valence-corrected chi connectivity index (χ2v) is 6.46. The fourth-order valence-electron chi connectivity index (χ4n) is 2.92. The Morgan fingerprint density at radius 3 is 2.64 bits per heavy atom. The predicted octanol–water partition coefficient (Wildman–Crippen LogP) is 2.70. The van der Waals surface area contributed by atoms with Gasteiger partial charge in [0.2, 0.25) is 0 Å². The first-order valence-electron chi connectivity index (χ1n) is 8.38. The van der Waals surface area contributed by atoms with Crippen LogP contribution in [0.1, 0.15) is 5.56 Å². The van der Waals surface area contributed by atoms with Gasteiger partial charge in [0.25, 0.3) is 5.56 Å². The van der Waals surface area contributed by atoms with Gasteiger partial charge in [0.15, 0.2) is 22.7 Å². The summed E-state index contributed by atoms with van der Waals surface area (Å²) in [7, 11) is 3.11. The number of methoxy groups -OCH3 is 2. The minimum absolute atomic E-state index is 0.180. The van der Waals surface area contributed by atoms with E-state index in [0.29, 0.717) is 34.4 Å². The van der Waals surface area contributed by atoms with Crippen LogP contribution in [-0.4, -0.2) is 38.8 Å². The van der Waals surface area contributed by atoms with E-state index in [4.69, 9.17) is 21.1 Å². The lowest BCUT2D eigenvalue weighted by Gasteiger charge is -2.09. The smallest absolute Gasteiger partial charge is 0.283 e. The number of ether oxygens (including phenoxy) is 2. The topological polar surface area (TPSA) is 84.1 Å². The molecule has 0 unspecified atom stereocenters. The molecule has 0 aliphatic carbocycles. The molecule has 0 radical (unpaired) electrons. The van der Waals surface area contributed by atoms with E-state index in [1.807, 2.05) is 12.1 Å². The number of fused-ring (bicyclic) bond motifs is 1. The van der Waals surface area contributed by atoms with Gasteiger partial charge in [-0.25, -0.2) is 4.98 Å². The molecular formula is C19H16ClN5O3. The fraction of sp³-hybridized carbons (Fsp3) is 0.158. The minimum atomic E-state index is -0.281. The Hall–Kier alpha value is -3.39. The fourth-order valence-corrected chi connectivity index (χ4v) is 3.13. The molecule has 28 heavy (non-hydrogen) atoms. The SMILES string of the molecule is COc1ccc(-n2nnc3c(=O)n(Cc4cccc(Cl)c4)cnc32)cc1OC. The van der Waals surface area contributed by atoms with Crippen molar-refractivity contribution in [3.8, 4) is 17.2 Å². The third-order valence-electron chi connectivity index (χ3n) is 4.28. The van der Waals surface area contributed by atoms with E-state index in [1.54, 1.807) is 44.6 Å². The highest BCUT2D eigenvalue weighted by Crippen LogP contribution is 2.29. The maximum absolute atomic E-state index is 12.8. The number of nitrogens with zero attached hydrogens (tertiary/aromatic N) is 5. The molecule has 4 rings (SSSR count). The maximum Gasteiger partial charge on any atom is 0.283 e. The molecule has 0 spiro atoms. The Morgan fingerprint density at radius 2 is 1.89 bits per heavy atom. The first-order valence-corrected chi connectivity index (χ1v) is 8.76. The Kier molecular flexibility index (Phi) is 4.70. The van der Waals surface area contributed by atoms with Gasteiger partial charge in [0.05, 0.1) is 26.5 Å².